The highest BCUT2D eigenvalue weighted by Gasteiger charge is 2.12. The van der Waals surface area contributed by atoms with Crippen LogP contribution in [0.15, 0.2) is 40.9 Å². The molecular formula is C14H11BrClNO3. The van der Waals surface area contributed by atoms with Crippen LogP contribution in [0.1, 0.15) is 11.1 Å². The summed E-state index contributed by atoms with van der Waals surface area (Å²) in [6.45, 7) is 1.92. The lowest BCUT2D eigenvalue weighted by Gasteiger charge is -2.12. The van der Waals surface area contributed by atoms with Crippen molar-refractivity contribution in [1.29, 1.82) is 0 Å². The van der Waals surface area contributed by atoms with Crippen molar-refractivity contribution < 1.29 is 9.66 Å². The number of ether oxygens (including phenoxy) is 1. The van der Waals surface area contributed by atoms with Crippen LogP contribution in [0.3, 0.4) is 0 Å². The predicted octanol–water partition coefficient (Wildman–Crippen LogP) is 5.20. The lowest BCUT2D eigenvalue weighted by Crippen LogP contribution is -1.94. The molecule has 0 atom stereocenters. The van der Waals surface area contributed by atoms with E-state index in [9.17, 15) is 10.1 Å². The lowest BCUT2D eigenvalue weighted by atomic mass is 10.2. The summed E-state index contributed by atoms with van der Waals surface area (Å²) in [4.78, 5) is 10.3. The molecule has 104 valence electrons. The van der Waals surface area contributed by atoms with Gasteiger partial charge in [0, 0.05) is 22.2 Å². The number of halogens is 2. The van der Waals surface area contributed by atoms with E-state index in [4.69, 9.17) is 16.3 Å². The first-order chi connectivity index (χ1) is 9.51. The van der Waals surface area contributed by atoms with E-state index < -0.39 is 4.92 Å². The third-order valence-corrected chi connectivity index (χ3v) is 3.55. The molecule has 4 nitrogen and oxygen atoms in total. The maximum Gasteiger partial charge on any atom is 0.270 e. The first kappa shape index (κ1) is 14.8. The van der Waals surface area contributed by atoms with Gasteiger partial charge in [0.1, 0.15) is 11.5 Å². The van der Waals surface area contributed by atoms with Crippen LogP contribution in [-0.4, -0.2) is 4.92 Å². The predicted molar refractivity (Wildman–Crippen MR) is 81.6 cm³/mol. The lowest BCUT2D eigenvalue weighted by molar-refractivity contribution is -0.384. The summed E-state index contributed by atoms with van der Waals surface area (Å²) in [5, 5.41) is 10.8. The Labute approximate surface area is 129 Å². The molecule has 0 spiro atoms. The molecular weight excluding hydrogens is 346 g/mol. The highest BCUT2D eigenvalue weighted by atomic mass is 79.9. The van der Waals surface area contributed by atoms with E-state index in [1.807, 2.05) is 25.1 Å². The van der Waals surface area contributed by atoms with Gasteiger partial charge in [-0.3, -0.25) is 10.1 Å². The molecule has 0 N–H and O–H groups in total. The van der Waals surface area contributed by atoms with E-state index in [-0.39, 0.29) is 11.6 Å². The Morgan fingerprint density at radius 1 is 1.25 bits per heavy atom. The van der Waals surface area contributed by atoms with Gasteiger partial charge in [0.05, 0.1) is 10.8 Å². The second-order valence-electron chi connectivity index (χ2n) is 4.19. The van der Waals surface area contributed by atoms with Crippen LogP contribution in [0.2, 0.25) is 0 Å². The Balaban J connectivity index is 2.38. The Morgan fingerprint density at radius 2 is 2.00 bits per heavy atom. The molecule has 6 heteroatoms. The third kappa shape index (κ3) is 3.29. The number of rotatable bonds is 4. The number of non-ortho nitro benzene ring substituents is 1. The maximum atomic E-state index is 10.8. The van der Waals surface area contributed by atoms with Crippen LogP contribution in [-0.2, 0) is 5.88 Å². The van der Waals surface area contributed by atoms with Gasteiger partial charge in [-0.05, 0) is 30.7 Å². The molecule has 0 aliphatic rings. The van der Waals surface area contributed by atoms with Gasteiger partial charge in [0.15, 0.2) is 0 Å². The molecule has 20 heavy (non-hydrogen) atoms. The monoisotopic (exact) mass is 355 g/mol. The fourth-order valence-corrected chi connectivity index (χ4v) is 2.23. The second-order valence-corrected chi connectivity index (χ2v) is 5.38. The zero-order valence-corrected chi connectivity index (χ0v) is 12.9. The minimum Gasteiger partial charge on any atom is -0.457 e. The Morgan fingerprint density at radius 3 is 2.65 bits per heavy atom. The van der Waals surface area contributed by atoms with Crippen molar-refractivity contribution in [3.8, 4) is 11.5 Å². The molecule has 2 aromatic carbocycles. The SMILES string of the molecule is Cc1ccc(Br)cc1Oc1ccc([N+](=O)[O-])cc1CCl. The van der Waals surface area contributed by atoms with Gasteiger partial charge in [-0.25, -0.2) is 0 Å². The van der Waals surface area contributed by atoms with Crippen molar-refractivity contribution >= 4 is 33.2 Å². The largest absolute Gasteiger partial charge is 0.457 e. The van der Waals surface area contributed by atoms with Crippen molar-refractivity contribution in [2.24, 2.45) is 0 Å². The Kier molecular flexibility index (Phi) is 4.62. The minimum atomic E-state index is -0.454. The normalized spacial score (nSPS) is 10.3. The van der Waals surface area contributed by atoms with Gasteiger partial charge in [-0.15, -0.1) is 11.6 Å². The van der Waals surface area contributed by atoms with E-state index in [1.54, 1.807) is 6.07 Å². The molecule has 0 aliphatic heterocycles. The van der Waals surface area contributed by atoms with Gasteiger partial charge < -0.3 is 4.74 Å². The molecule has 0 bridgehead atoms. The molecule has 2 rings (SSSR count). The number of benzene rings is 2. The van der Waals surface area contributed by atoms with Crippen molar-refractivity contribution in [3.05, 3.63) is 62.1 Å². The molecule has 0 fully saturated rings. The number of hydrogen-bond acceptors (Lipinski definition) is 3. The number of alkyl halides is 1. The van der Waals surface area contributed by atoms with Gasteiger partial charge in [-0.2, -0.15) is 0 Å². The summed E-state index contributed by atoms with van der Waals surface area (Å²) in [7, 11) is 0. The molecule has 0 heterocycles. The fraction of sp³-hybridized carbons (Fsp3) is 0.143. The molecule has 2 aromatic rings. The summed E-state index contributed by atoms with van der Waals surface area (Å²) < 4.78 is 6.71. The quantitative estimate of drug-likeness (QED) is 0.430. The number of nitro benzene ring substituents is 1. The standard InChI is InChI=1S/C14H11BrClNO3/c1-9-2-3-11(15)7-14(9)20-13-5-4-12(17(18)19)6-10(13)8-16/h2-7H,8H2,1H3. The fourth-order valence-electron chi connectivity index (χ4n) is 1.69. The van der Waals surface area contributed by atoms with Crippen molar-refractivity contribution in [2.45, 2.75) is 12.8 Å². The minimum absolute atomic E-state index is 0.000959. The zero-order chi connectivity index (χ0) is 14.7. The van der Waals surface area contributed by atoms with Crippen molar-refractivity contribution in [2.75, 3.05) is 0 Å². The van der Waals surface area contributed by atoms with Crippen LogP contribution >= 0.6 is 27.5 Å². The molecule has 0 aliphatic carbocycles. The molecule has 0 aromatic heterocycles. The van der Waals surface area contributed by atoms with Crippen LogP contribution in [0.5, 0.6) is 11.5 Å². The van der Waals surface area contributed by atoms with Crippen LogP contribution < -0.4 is 4.74 Å². The van der Waals surface area contributed by atoms with E-state index >= 15 is 0 Å². The number of nitro groups is 1. The number of aryl methyl sites for hydroxylation is 1. The summed E-state index contributed by atoms with van der Waals surface area (Å²) in [6, 6.07) is 10.1. The van der Waals surface area contributed by atoms with E-state index in [1.165, 1.54) is 12.1 Å². The van der Waals surface area contributed by atoms with Crippen LogP contribution in [0, 0.1) is 17.0 Å². The number of hydrogen-bond donors (Lipinski definition) is 0. The smallest absolute Gasteiger partial charge is 0.270 e. The highest BCUT2D eigenvalue weighted by Crippen LogP contribution is 2.32. The highest BCUT2D eigenvalue weighted by molar-refractivity contribution is 9.10. The summed E-state index contributed by atoms with van der Waals surface area (Å²) in [6.07, 6.45) is 0. The molecule has 0 unspecified atom stereocenters. The number of nitrogens with zero attached hydrogens (tertiary/aromatic N) is 1. The summed E-state index contributed by atoms with van der Waals surface area (Å²) in [5.74, 6) is 1.34. The maximum absolute atomic E-state index is 10.8. The Hall–Kier alpha value is -1.59. The van der Waals surface area contributed by atoms with Crippen LogP contribution in [0.25, 0.3) is 0 Å². The summed E-state index contributed by atoms with van der Waals surface area (Å²) in [5.41, 5.74) is 1.55. The second kappa shape index (κ2) is 6.24. The first-order valence-corrected chi connectivity index (χ1v) is 7.11. The topological polar surface area (TPSA) is 52.4 Å². The molecule has 0 saturated carbocycles. The van der Waals surface area contributed by atoms with E-state index in [0.717, 1.165) is 10.0 Å². The third-order valence-electron chi connectivity index (χ3n) is 2.77. The van der Waals surface area contributed by atoms with Gasteiger partial charge in [0.2, 0.25) is 0 Å². The zero-order valence-electron chi connectivity index (χ0n) is 10.6. The van der Waals surface area contributed by atoms with Gasteiger partial charge >= 0.3 is 0 Å². The molecule has 0 radical (unpaired) electrons. The summed E-state index contributed by atoms with van der Waals surface area (Å²) >= 11 is 9.21. The molecule has 0 amide bonds. The van der Waals surface area contributed by atoms with Crippen molar-refractivity contribution in [1.82, 2.24) is 0 Å². The van der Waals surface area contributed by atoms with E-state index in [0.29, 0.717) is 17.1 Å². The average molecular weight is 357 g/mol. The van der Waals surface area contributed by atoms with E-state index in [2.05, 4.69) is 15.9 Å². The first-order valence-electron chi connectivity index (χ1n) is 5.78. The average Bonchev–Trinajstić information content (AvgIpc) is 2.43. The van der Waals surface area contributed by atoms with Gasteiger partial charge in [-0.1, -0.05) is 22.0 Å². The Bertz CT molecular complexity index is 661. The van der Waals surface area contributed by atoms with Gasteiger partial charge in [0.25, 0.3) is 5.69 Å². The van der Waals surface area contributed by atoms with Crippen molar-refractivity contribution in [3.63, 3.8) is 0 Å². The van der Waals surface area contributed by atoms with Crippen LogP contribution in [0.4, 0.5) is 5.69 Å². The molecule has 0 saturated heterocycles.